The Balaban J connectivity index is 2.01. The summed E-state index contributed by atoms with van der Waals surface area (Å²) in [6, 6.07) is 15.8. The summed E-state index contributed by atoms with van der Waals surface area (Å²) < 4.78 is 0. The molecule has 0 aliphatic carbocycles. The first-order valence-electron chi connectivity index (χ1n) is 8.79. The monoisotopic (exact) mass is 352 g/mol. The first-order valence-corrected chi connectivity index (χ1v) is 9.17. The van der Waals surface area contributed by atoms with Crippen molar-refractivity contribution in [3.8, 4) is 11.1 Å². The van der Waals surface area contributed by atoms with E-state index < -0.39 is 0 Å². The smallest absolute Gasteiger partial charge is 0.272 e. The normalized spacial score (nSPS) is 15.7. The van der Waals surface area contributed by atoms with Gasteiger partial charge in [-0.2, -0.15) is 0 Å². The van der Waals surface area contributed by atoms with E-state index >= 15 is 0 Å². The number of hydrogen-bond donors (Lipinski definition) is 1. The molecule has 25 heavy (non-hydrogen) atoms. The van der Waals surface area contributed by atoms with E-state index in [9.17, 15) is 4.79 Å². The number of hydrogen-bond acceptors (Lipinski definition) is 2. The second-order valence-corrected chi connectivity index (χ2v) is 7.34. The standard InChI is InChI=1S/C21H21ClN2O/c1-14-9-11-24(12-10-14)20-19(15-5-3-2-4-6-15)17-13-16(22)7-8-18(17)23-21(20)25/h2-8,13-14H,9-12H2,1H3,(H,23,25). The lowest BCUT2D eigenvalue weighted by molar-refractivity contribution is 0.438. The van der Waals surface area contributed by atoms with Gasteiger partial charge in [0.25, 0.3) is 5.56 Å². The summed E-state index contributed by atoms with van der Waals surface area (Å²) in [6.07, 6.45) is 2.22. The maximum atomic E-state index is 13.0. The van der Waals surface area contributed by atoms with Crippen LogP contribution in [0.15, 0.2) is 53.3 Å². The van der Waals surface area contributed by atoms with Crippen molar-refractivity contribution < 1.29 is 0 Å². The fourth-order valence-corrected chi connectivity index (χ4v) is 3.86. The summed E-state index contributed by atoms with van der Waals surface area (Å²) in [4.78, 5) is 18.2. The van der Waals surface area contributed by atoms with Crippen LogP contribution in [0.2, 0.25) is 5.02 Å². The number of piperidine rings is 1. The zero-order valence-corrected chi connectivity index (χ0v) is 15.0. The van der Waals surface area contributed by atoms with Gasteiger partial charge in [-0.25, -0.2) is 0 Å². The molecule has 1 N–H and O–H groups in total. The fourth-order valence-electron chi connectivity index (χ4n) is 3.69. The third-order valence-corrected chi connectivity index (χ3v) is 5.35. The minimum Gasteiger partial charge on any atom is -0.367 e. The van der Waals surface area contributed by atoms with Crippen LogP contribution in [-0.4, -0.2) is 18.1 Å². The van der Waals surface area contributed by atoms with Crippen LogP contribution in [0.1, 0.15) is 19.8 Å². The van der Waals surface area contributed by atoms with Crippen molar-refractivity contribution in [3.63, 3.8) is 0 Å². The van der Waals surface area contributed by atoms with Crippen LogP contribution in [0, 0.1) is 5.92 Å². The Morgan fingerprint density at radius 1 is 1.08 bits per heavy atom. The second-order valence-electron chi connectivity index (χ2n) is 6.90. The van der Waals surface area contributed by atoms with Gasteiger partial charge in [0, 0.05) is 34.6 Å². The molecular formula is C21H21ClN2O. The van der Waals surface area contributed by atoms with Crippen molar-refractivity contribution >= 4 is 28.2 Å². The molecule has 1 aliphatic rings. The van der Waals surface area contributed by atoms with Crippen LogP contribution >= 0.6 is 11.6 Å². The maximum Gasteiger partial charge on any atom is 0.272 e. The van der Waals surface area contributed by atoms with Crippen molar-refractivity contribution in [2.24, 2.45) is 5.92 Å². The van der Waals surface area contributed by atoms with Gasteiger partial charge in [0.2, 0.25) is 0 Å². The largest absolute Gasteiger partial charge is 0.367 e. The Bertz CT molecular complexity index is 957. The Morgan fingerprint density at radius 3 is 2.52 bits per heavy atom. The number of anilines is 1. The zero-order chi connectivity index (χ0) is 17.4. The highest BCUT2D eigenvalue weighted by molar-refractivity contribution is 6.31. The number of pyridine rings is 1. The highest BCUT2D eigenvalue weighted by atomic mass is 35.5. The zero-order valence-electron chi connectivity index (χ0n) is 14.3. The summed E-state index contributed by atoms with van der Waals surface area (Å²) in [6.45, 7) is 4.10. The number of aromatic nitrogens is 1. The van der Waals surface area contributed by atoms with Crippen LogP contribution in [0.25, 0.3) is 22.0 Å². The second kappa shape index (κ2) is 6.57. The average molecular weight is 353 g/mol. The van der Waals surface area contributed by atoms with Gasteiger partial charge in [0.1, 0.15) is 5.69 Å². The molecular weight excluding hydrogens is 332 g/mol. The molecule has 2 aromatic carbocycles. The van der Waals surface area contributed by atoms with Gasteiger partial charge in [0.05, 0.1) is 0 Å². The predicted molar refractivity (Wildman–Crippen MR) is 106 cm³/mol. The first kappa shape index (κ1) is 16.2. The van der Waals surface area contributed by atoms with Gasteiger partial charge >= 0.3 is 0 Å². The number of halogens is 1. The van der Waals surface area contributed by atoms with Crippen LogP contribution in [-0.2, 0) is 0 Å². The molecule has 0 atom stereocenters. The molecule has 4 heteroatoms. The van der Waals surface area contributed by atoms with Crippen molar-refractivity contribution in [2.45, 2.75) is 19.8 Å². The Kier molecular flexibility index (Phi) is 4.26. The van der Waals surface area contributed by atoms with E-state index in [1.165, 1.54) is 0 Å². The van der Waals surface area contributed by atoms with Gasteiger partial charge < -0.3 is 9.88 Å². The van der Waals surface area contributed by atoms with Crippen LogP contribution < -0.4 is 10.5 Å². The molecule has 1 fully saturated rings. The van der Waals surface area contributed by atoms with Gasteiger partial charge in [-0.1, -0.05) is 48.9 Å². The predicted octanol–water partition coefficient (Wildman–Crippen LogP) is 5.08. The topological polar surface area (TPSA) is 36.1 Å². The lowest BCUT2D eigenvalue weighted by atomic mass is 9.95. The van der Waals surface area contributed by atoms with E-state index in [4.69, 9.17) is 11.6 Å². The van der Waals surface area contributed by atoms with Crippen molar-refractivity contribution in [3.05, 3.63) is 63.9 Å². The Morgan fingerprint density at radius 2 is 1.80 bits per heavy atom. The van der Waals surface area contributed by atoms with E-state index in [0.717, 1.165) is 53.6 Å². The van der Waals surface area contributed by atoms with E-state index in [1.54, 1.807) is 0 Å². The molecule has 0 radical (unpaired) electrons. The third kappa shape index (κ3) is 3.05. The fraction of sp³-hybridized carbons (Fsp3) is 0.286. The molecule has 4 rings (SSSR count). The Hall–Kier alpha value is -2.26. The van der Waals surface area contributed by atoms with E-state index in [0.29, 0.717) is 10.9 Å². The number of nitrogens with zero attached hydrogens (tertiary/aromatic N) is 1. The molecule has 0 amide bonds. The molecule has 3 nitrogen and oxygen atoms in total. The maximum absolute atomic E-state index is 13.0. The van der Waals surface area contributed by atoms with Gasteiger partial charge in [0.15, 0.2) is 0 Å². The molecule has 3 aromatic rings. The van der Waals surface area contributed by atoms with Crippen molar-refractivity contribution in [2.75, 3.05) is 18.0 Å². The molecule has 0 unspecified atom stereocenters. The number of nitrogens with one attached hydrogen (secondary N) is 1. The minimum atomic E-state index is -0.0248. The van der Waals surface area contributed by atoms with E-state index in [2.05, 4.69) is 28.9 Å². The Labute approximate surface area is 152 Å². The van der Waals surface area contributed by atoms with Crippen molar-refractivity contribution in [1.82, 2.24) is 4.98 Å². The molecule has 1 saturated heterocycles. The summed E-state index contributed by atoms with van der Waals surface area (Å²) in [7, 11) is 0. The van der Waals surface area contributed by atoms with Gasteiger partial charge in [-0.15, -0.1) is 0 Å². The van der Waals surface area contributed by atoms with Crippen LogP contribution in [0.4, 0.5) is 5.69 Å². The summed E-state index contributed by atoms with van der Waals surface area (Å²) >= 11 is 6.27. The number of aromatic amines is 1. The van der Waals surface area contributed by atoms with Crippen molar-refractivity contribution in [1.29, 1.82) is 0 Å². The number of rotatable bonds is 2. The quantitative estimate of drug-likeness (QED) is 0.697. The SMILES string of the molecule is CC1CCN(c2c(-c3ccccc3)c3cc(Cl)ccc3[nH]c2=O)CC1. The number of fused-ring (bicyclic) bond motifs is 1. The summed E-state index contributed by atoms with van der Waals surface area (Å²) in [5.74, 6) is 0.713. The highest BCUT2D eigenvalue weighted by Crippen LogP contribution is 2.36. The lowest BCUT2D eigenvalue weighted by Gasteiger charge is -2.33. The summed E-state index contributed by atoms with van der Waals surface area (Å²) in [5, 5.41) is 1.67. The molecule has 128 valence electrons. The van der Waals surface area contributed by atoms with Gasteiger partial charge in [-0.3, -0.25) is 4.79 Å². The molecule has 2 heterocycles. The molecule has 0 bridgehead atoms. The number of H-pyrrole nitrogens is 1. The van der Waals surface area contributed by atoms with Gasteiger partial charge in [-0.05, 0) is 42.5 Å². The average Bonchev–Trinajstić information content (AvgIpc) is 2.63. The minimum absolute atomic E-state index is 0.0248. The van der Waals surface area contributed by atoms with E-state index in [1.807, 2.05) is 36.4 Å². The molecule has 1 aromatic heterocycles. The molecule has 1 aliphatic heterocycles. The van der Waals surface area contributed by atoms with Crippen LogP contribution in [0.5, 0.6) is 0 Å². The molecule has 0 saturated carbocycles. The third-order valence-electron chi connectivity index (χ3n) is 5.11. The van der Waals surface area contributed by atoms with E-state index in [-0.39, 0.29) is 5.56 Å². The molecule has 0 spiro atoms. The first-order chi connectivity index (χ1) is 12.1. The highest BCUT2D eigenvalue weighted by Gasteiger charge is 2.23. The lowest BCUT2D eigenvalue weighted by Crippen LogP contribution is -2.36. The van der Waals surface area contributed by atoms with Crippen LogP contribution in [0.3, 0.4) is 0 Å². The summed E-state index contributed by atoms with van der Waals surface area (Å²) in [5.41, 5.74) is 3.60. The number of benzene rings is 2.